The van der Waals surface area contributed by atoms with E-state index in [4.69, 9.17) is 4.42 Å². The molecule has 0 unspecified atom stereocenters. The zero-order valence-corrected chi connectivity index (χ0v) is 12.2. The van der Waals surface area contributed by atoms with E-state index < -0.39 is 10.0 Å². The van der Waals surface area contributed by atoms with Crippen LogP contribution < -0.4 is 4.72 Å². The minimum absolute atomic E-state index is 0.0387. The molecule has 0 amide bonds. The second-order valence-corrected chi connectivity index (χ2v) is 6.73. The lowest BCUT2D eigenvalue weighted by molar-refractivity contribution is 0.409. The van der Waals surface area contributed by atoms with Crippen molar-refractivity contribution in [2.75, 3.05) is 6.26 Å². The molecule has 0 radical (unpaired) electrons. The highest BCUT2D eigenvalue weighted by Crippen LogP contribution is 2.21. The summed E-state index contributed by atoms with van der Waals surface area (Å²) in [6.45, 7) is -0.0387. The molecule has 0 fully saturated rings. The van der Waals surface area contributed by atoms with Crippen molar-refractivity contribution in [1.82, 2.24) is 14.9 Å². The number of benzene rings is 1. The summed E-state index contributed by atoms with van der Waals surface area (Å²) in [7, 11) is -3.29. The summed E-state index contributed by atoms with van der Waals surface area (Å²) in [6.07, 6.45) is 1.05. The van der Waals surface area contributed by atoms with Crippen LogP contribution in [-0.4, -0.2) is 24.9 Å². The molecule has 6 nitrogen and oxygen atoms in total. The van der Waals surface area contributed by atoms with Gasteiger partial charge in [0.15, 0.2) is 0 Å². The SMILES string of the molecule is CS(=O)(=O)NCc1nnc(SCc2ccc(F)cc2)o1. The fourth-order valence-electron chi connectivity index (χ4n) is 1.29. The molecule has 1 heterocycles. The molecule has 0 spiro atoms. The number of aromatic nitrogens is 2. The van der Waals surface area contributed by atoms with Crippen LogP contribution in [0, 0.1) is 5.82 Å². The molecule has 2 rings (SSSR count). The lowest BCUT2D eigenvalue weighted by Crippen LogP contribution is -2.21. The Balaban J connectivity index is 1.88. The Labute approximate surface area is 119 Å². The van der Waals surface area contributed by atoms with Gasteiger partial charge in [-0.25, -0.2) is 17.5 Å². The number of rotatable bonds is 6. The minimum Gasteiger partial charge on any atom is -0.414 e. The Hall–Kier alpha value is -1.45. The van der Waals surface area contributed by atoms with Crippen molar-refractivity contribution < 1.29 is 17.2 Å². The molecule has 0 atom stereocenters. The van der Waals surface area contributed by atoms with Gasteiger partial charge >= 0.3 is 0 Å². The molecular weight excluding hydrogens is 305 g/mol. The average Bonchev–Trinajstić information content (AvgIpc) is 2.83. The van der Waals surface area contributed by atoms with E-state index in [1.807, 2.05) is 0 Å². The molecular formula is C11H12FN3O3S2. The topological polar surface area (TPSA) is 85.1 Å². The zero-order valence-electron chi connectivity index (χ0n) is 10.5. The number of thioether (sulfide) groups is 1. The van der Waals surface area contributed by atoms with Gasteiger partial charge in [-0.15, -0.1) is 10.2 Å². The molecule has 0 saturated carbocycles. The lowest BCUT2D eigenvalue weighted by Gasteiger charge is -1.98. The van der Waals surface area contributed by atoms with E-state index in [9.17, 15) is 12.8 Å². The van der Waals surface area contributed by atoms with Crippen LogP contribution in [0.15, 0.2) is 33.9 Å². The van der Waals surface area contributed by atoms with Crippen LogP contribution in [0.5, 0.6) is 0 Å². The zero-order chi connectivity index (χ0) is 14.6. The van der Waals surface area contributed by atoms with E-state index in [2.05, 4.69) is 14.9 Å². The molecule has 1 aromatic carbocycles. The average molecular weight is 317 g/mol. The maximum atomic E-state index is 12.7. The van der Waals surface area contributed by atoms with Crippen molar-refractivity contribution in [2.45, 2.75) is 17.5 Å². The lowest BCUT2D eigenvalue weighted by atomic mass is 10.2. The molecule has 9 heteroatoms. The van der Waals surface area contributed by atoms with E-state index >= 15 is 0 Å². The first kappa shape index (κ1) is 14.9. The Kier molecular flexibility index (Phi) is 4.73. The second-order valence-electron chi connectivity index (χ2n) is 3.97. The van der Waals surface area contributed by atoms with Gasteiger partial charge in [0.1, 0.15) is 5.82 Å². The van der Waals surface area contributed by atoms with Gasteiger partial charge in [-0.05, 0) is 17.7 Å². The first-order valence-electron chi connectivity index (χ1n) is 5.56. The molecule has 1 aromatic heterocycles. The van der Waals surface area contributed by atoms with Gasteiger partial charge in [0, 0.05) is 5.75 Å². The smallest absolute Gasteiger partial charge is 0.276 e. The van der Waals surface area contributed by atoms with Crippen molar-refractivity contribution in [2.24, 2.45) is 0 Å². The fourth-order valence-corrected chi connectivity index (χ4v) is 2.41. The first-order valence-corrected chi connectivity index (χ1v) is 8.44. The van der Waals surface area contributed by atoms with Crippen LogP contribution in [0.4, 0.5) is 4.39 Å². The summed E-state index contributed by atoms with van der Waals surface area (Å²) in [6, 6.07) is 6.10. The monoisotopic (exact) mass is 317 g/mol. The van der Waals surface area contributed by atoms with E-state index in [0.29, 0.717) is 11.0 Å². The third-order valence-corrected chi connectivity index (χ3v) is 3.77. The quantitative estimate of drug-likeness (QED) is 0.814. The largest absolute Gasteiger partial charge is 0.414 e. The van der Waals surface area contributed by atoms with Crippen molar-refractivity contribution in [1.29, 1.82) is 0 Å². The van der Waals surface area contributed by atoms with Gasteiger partial charge in [0.2, 0.25) is 15.9 Å². The third kappa shape index (κ3) is 4.91. The summed E-state index contributed by atoms with van der Waals surface area (Å²) in [4.78, 5) is 0. The highest BCUT2D eigenvalue weighted by atomic mass is 32.2. The van der Waals surface area contributed by atoms with Gasteiger partial charge in [0.25, 0.3) is 5.22 Å². The Morgan fingerprint density at radius 1 is 1.30 bits per heavy atom. The van der Waals surface area contributed by atoms with E-state index in [1.165, 1.54) is 23.9 Å². The predicted octanol–water partition coefficient (Wildman–Crippen LogP) is 1.55. The van der Waals surface area contributed by atoms with E-state index in [0.717, 1.165) is 11.8 Å². The van der Waals surface area contributed by atoms with Gasteiger partial charge in [0.05, 0.1) is 12.8 Å². The van der Waals surface area contributed by atoms with Crippen LogP contribution in [-0.2, 0) is 22.3 Å². The molecule has 2 aromatic rings. The predicted molar refractivity (Wildman–Crippen MR) is 71.9 cm³/mol. The summed E-state index contributed by atoms with van der Waals surface area (Å²) in [5.74, 6) is 0.462. The van der Waals surface area contributed by atoms with Crippen LogP contribution in [0.3, 0.4) is 0 Å². The van der Waals surface area contributed by atoms with Crippen molar-refractivity contribution in [3.63, 3.8) is 0 Å². The van der Waals surface area contributed by atoms with Gasteiger partial charge in [-0.3, -0.25) is 0 Å². The summed E-state index contributed by atoms with van der Waals surface area (Å²) < 4.78 is 42.1. The van der Waals surface area contributed by atoms with Crippen LogP contribution >= 0.6 is 11.8 Å². The number of halogens is 1. The maximum absolute atomic E-state index is 12.7. The van der Waals surface area contributed by atoms with Gasteiger partial charge < -0.3 is 4.42 Å². The van der Waals surface area contributed by atoms with Crippen LogP contribution in [0.1, 0.15) is 11.5 Å². The molecule has 20 heavy (non-hydrogen) atoms. The Morgan fingerprint density at radius 2 is 2.00 bits per heavy atom. The molecule has 0 aliphatic rings. The maximum Gasteiger partial charge on any atom is 0.276 e. The molecule has 0 bridgehead atoms. The highest BCUT2D eigenvalue weighted by Gasteiger charge is 2.09. The molecule has 0 saturated heterocycles. The van der Waals surface area contributed by atoms with E-state index in [1.54, 1.807) is 12.1 Å². The van der Waals surface area contributed by atoms with Crippen molar-refractivity contribution in [3.8, 4) is 0 Å². The second kappa shape index (κ2) is 6.33. The normalized spacial score (nSPS) is 11.7. The Bertz CT molecular complexity index is 670. The van der Waals surface area contributed by atoms with E-state index in [-0.39, 0.29) is 18.3 Å². The van der Waals surface area contributed by atoms with Crippen molar-refractivity contribution in [3.05, 3.63) is 41.5 Å². The molecule has 108 valence electrons. The first-order chi connectivity index (χ1) is 9.42. The van der Waals surface area contributed by atoms with Gasteiger partial charge in [-0.1, -0.05) is 23.9 Å². The summed E-state index contributed by atoms with van der Waals surface area (Å²) in [5.41, 5.74) is 0.922. The number of nitrogens with one attached hydrogen (secondary N) is 1. The van der Waals surface area contributed by atoms with Crippen molar-refractivity contribution >= 4 is 21.8 Å². The fraction of sp³-hybridized carbons (Fsp3) is 0.273. The minimum atomic E-state index is -3.29. The number of hydrogen-bond acceptors (Lipinski definition) is 6. The number of nitrogens with zero attached hydrogens (tertiary/aromatic N) is 2. The standard InChI is InChI=1S/C11H12FN3O3S2/c1-20(16,17)13-6-10-14-15-11(18-10)19-7-8-2-4-9(12)5-3-8/h2-5,13H,6-7H2,1H3. The molecule has 0 aliphatic heterocycles. The number of hydrogen-bond donors (Lipinski definition) is 1. The Morgan fingerprint density at radius 3 is 2.65 bits per heavy atom. The van der Waals surface area contributed by atoms with Gasteiger partial charge in [-0.2, -0.15) is 0 Å². The number of sulfonamides is 1. The third-order valence-electron chi connectivity index (χ3n) is 2.21. The highest BCUT2D eigenvalue weighted by molar-refractivity contribution is 7.98. The molecule has 1 N–H and O–H groups in total. The summed E-state index contributed by atoms with van der Waals surface area (Å²) >= 11 is 1.29. The van der Waals surface area contributed by atoms with Crippen LogP contribution in [0.2, 0.25) is 0 Å². The van der Waals surface area contributed by atoms with Crippen LogP contribution in [0.25, 0.3) is 0 Å². The molecule has 0 aliphatic carbocycles. The summed E-state index contributed by atoms with van der Waals surface area (Å²) in [5, 5.41) is 7.84.